The van der Waals surface area contributed by atoms with E-state index in [1.165, 1.54) is 18.2 Å². The van der Waals surface area contributed by atoms with Gasteiger partial charge >= 0.3 is 5.97 Å². The topological polar surface area (TPSA) is 122 Å². The number of carboxylic acids is 1. The number of carbonyl (C=O) groups is 2. The van der Waals surface area contributed by atoms with Crippen LogP contribution in [0, 0.1) is 10.1 Å². The van der Waals surface area contributed by atoms with Crippen molar-refractivity contribution in [1.29, 1.82) is 0 Å². The number of aromatic nitrogens is 1. The van der Waals surface area contributed by atoms with Gasteiger partial charge in [-0.3, -0.25) is 14.9 Å². The largest absolute Gasteiger partial charge is 0.480 e. The van der Waals surface area contributed by atoms with Gasteiger partial charge in [0, 0.05) is 28.8 Å². The molecule has 0 spiro atoms. The van der Waals surface area contributed by atoms with Crippen LogP contribution in [0.4, 0.5) is 5.69 Å². The van der Waals surface area contributed by atoms with E-state index in [0.29, 0.717) is 27.4 Å². The summed E-state index contributed by atoms with van der Waals surface area (Å²) in [5.74, 6) is -1.87. The van der Waals surface area contributed by atoms with Gasteiger partial charge in [0.25, 0.3) is 11.6 Å². The van der Waals surface area contributed by atoms with E-state index < -0.39 is 22.8 Å². The number of benzene rings is 3. The van der Waals surface area contributed by atoms with Gasteiger partial charge in [-0.25, -0.2) is 9.78 Å². The first-order chi connectivity index (χ1) is 15.0. The monoisotopic (exact) mass is 415 g/mol. The maximum atomic E-state index is 13.3. The lowest BCUT2D eigenvalue weighted by Crippen LogP contribution is -2.42. The molecule has 2 N–H and O–H groups in total. The van der Waals surface area contributed by atoms with E-state index in [1.807, 2.05) is 0 Å². The number of aliphatic carboxylic acids is 1. The third kappa shape index (κ3) is 3.91. The van der Waals surface area contributed by atoms with Crippen molar-refractivity contribution in [2.24, 2.45) is 0 Å². The van der Waals surface area contributed by atoms with Crippen molar-refractivity contribution in [2.45, 2.75) is 12.5 Å². The molecule has 0 saturated heterocycles. The first kappa shape index (κ1) is 20.0. The molecular formula is C23H17N3O5. The molecule has 4 rings (SSSR count). The summed E-state index contributed by atoms with van der Waals surface area (Å²) < 4.78 is 0. The van der Waals surface area contributed by atoms with Gasteiger partial charge in [-0.1, -0.05) is 54.6 Å². The molecule has 1 heterocycles. The molecule has 1 atom stereocenters. The van der Waals surface area contributed by atoms with E-state index in [9.17, 15) is 24.8 Å². The molecule has 3 aromatic carbocycles. The Morgan fingerprint density at radius 3 is 2.06 bits per heavy atom. The molecule has 154 valence electrons. The molecular weight excluding hydrogens is 398 g/mol. The zero-order valence-corrected chi connectivity index (χ0v) is 16.2. The Morgan fingerprint density at radius 2 is 1.48 bits per heavy atom. The summed E-state index contributed by atoms with van der Waals surface area (Å²) in [6, 6.07) is 18.8. The van der Waals surface area contributed by atoms with E-state index in [-0.39, 0.29) is 17.7 Å². The van der Waals surface area contributed by atoms with Crippen molar-refractivity contribution >= 4 is 39.4 Å². The summed E-state index contributed by atoms with van der Waals surface area (Å²) in [4.78, 5) is 40.4. The van der Waals surface area contributed by atoms with Crippen LogP contribution in [0.3, 0.4) is 0 Å². The van der Waals surface area contributed by atoms with E-state index in [2.05, 4.69) is 10.3 Å². The Bertz CT molecular complexity index is 1280. The fraction of sp³-hybridized carbons (Fsp3) is 0.0870. The van der Waals surface area contributed by atoms with E-state index in [1.54, 1.807) is 54.6 Å². The molecule has 0 aliphatic rings. The summed E-state index contributed by atoms with van der Waals surface area (Å²) in [5, 5.41) is 24.7. The van der Waals surface area contributed by atoms with Gasteiger partial charge in [-0.15, -0.1) is 0 Å². The minimum absolute atomic E-state index is 0.192. The molecule has 8 nitrogen and oxygen atoms in total. The highest BCUT2D eigenvalue weighted by Gasteiger charge is 2.26. The van der Waals surface area contributed by atoms with Crippen LogP contribution in [0.15, 0.2) is 72.8 Å². The molecule has 0 fully saturated rings. The second-order valence-electron chi connectivity index (χ2n) is 6.98. The number of hydrogen-bond donors (Lipinski definition) is 2. The number of carbonyl (C=O) groups excluding carboxylic acids is 1. The maximum absolute atomic E-state index is 13.3. The zero-order chi connectivity index (χ0) is 22.0. The van der Waals surface area contributed by atoms with Crippen molar-refractivity contribution in [1.82, 2.24) is 10.3 Å². The molecule has 0 aliphatic carbocycles. The second-order valence-corrected chi connectivity index (χ2v) is 6.98. The number of nitro benzene ring substituents is 1. The molecule has 1 aromatic heterocycles. The van der Waals surface area contributed by atoms with Gasteiger partial charge in [-0.2, -0.15) is 0 Å². The number of pyridine rings is 1. The number of hydrogen-bond acceptors (Lipinski definition) is 5. The molecule has 0 aliphatic heterocycles. The lowest BCUT2D eigenvalue weighted by Gasteiger charge is -2.17. The number of para-hydroxylation sites is 3. The number of rotatable bonds is 6. The molecule has 0 bridgehead atoms. The number of carboxylic acid groups (broad SMARTS) is 1. The van der Waals surface area contributed by atoms with Crippen LogP contribution in [0.5, 0.6) is 0 Å². The van der Waals surface area contributed by atoms with Crippen LogP contribution in [0.2, 0.25) is 0 Å². The Hall–Kier alpha value is -4.33. The predicted octanol–water partition coefficient (Wildman–Crippen LogP) is 3.72. The Morgan fingerprint density at radius 1 is 0.935 bits per heavy atom. The standard InChI is InChI=1S/C23H17N3O5/c27-22(25-19(23(28)29)13-14-7-1-6-12-20(14)26(30)31)21-15-8-2-4-10-17(15)24-18-11-5-3-9-16(18)21/h1-12,19H,13H2,(H,25,27)(H,28,29)/t19-/m0/s1. The molecule has 0 radical (unpaired) electrons. The minimum atomic E-state index is -1.35. The summed E-state index contributed by atoms with van der Waals surface area (Å²) in [6.07, 6.45) is -0.223. The van der Waals surface area contributed by atoms with Crippen molar-refractivity contribution in [3.8, 4) is 0 Å². The Labute approximate surface area is 176 Å². The predicted molar refractivity (Wildman–Crippen MR) is 115 cm³/mol. The Kier molecular flexibility index (Phi) is 5.28. The normalized spacial score (nSPS) is 11.9. The quantitative estimate of drug-likeness (QED) is 0.281. The fourth-order valence-electron chi connectivity index (χ4n) is 3.60. The molecule has 0 unspecified atom stereocenters. The first-order valence-corrected chi connectivity index (χ1v) is 9.49. The van der Waals surface area contributed by atoms with E-state index in [0.717, 1.165) is 0 Å². The lowest BCUT2D eigenvalue weighted by atomic mass is 10.00. The average Bonchev–Trinajstić information content (AvgIpc) is 2.77. The van der Waals surface area contributed by atoms with Crippen molar-refractivity contribution in [3.05, 3.63) is 94.0 Å². The smallest absolute Gasteiger partial charge is 0.326 e. The molecule has 0 saturated carbocycles. The molecule has 8 heteroatoms. The Balaban J connectivity index is 1.75. The number of amides is 1. The molecule has 31 heavy (non-hydrogen) atoms. The van der Waals surface area contributed by atoms with E-state index in [4.69, 9.17) is 0 Å². The third-order valence-electron chi connectivity index (χ3n) is 5.03. The molecule has 1 amide bonds. The van der Waals surface area contributed by atoms with Gasteiger partial charge in [0.05, 0.1) is 21.5 Å². The van der Waals surface area contributed by atoms with Gasteiger partial charge in [0.1, 0.15) is 6.04 Å². The van der Waals surface area contributed by atoms with Crippen molar-refractivity contribution in [3.63, 3.8) is 0 Å². The van der Waals surface area contributed by atoms with Crippen LogP contribution in [-0.4, -0.2) is 32.9 Å². The van der Waals surface area contributed by atoms with Crippen LogP contribution < -0.4 is 5.32 Å². The van der Waals surface area contributed by atoms with E-state index >= 15 is 0 Å². The van der Waals surface area contributed by atoms with Gasteiger partial charge in [-0.05, 0) is 12.1 Å². The first-order valence-electron chi connectivity index (χ1n) is 9.49. The summed E-state index contributed by atoms with van der Waals surface area (Å²) in [5.41, 5.74) is 1.57. The summed E-state index contributed by atoms with van der Waals surface area (Å²) in [7, 11) is 0. The van der Waals surface area contributed by atoms with Gasteiger partial charge < -0.3 is 10.4 Å². The highest BCUT2D eigenvalue weighted by atomic mass is 16.6. The number of nitro groups is 1. The fourth-order valence-corrected chi connectivity index (χ4v) is 3.60. The van der Waals surface area contributed by atoms with Crippen LogP contribution in [0.25, 0.3) is 21.8 Å². The second kappa shape index (κ2) is 8.19. The third-order valence-corrected chi connectivity index (χ3v) is 5.03. The highest BCUT2D eigenvalue weighted by molar-refractivity contribution is 6.16. The van der Waals surface area contributed by atoms with Gasteiger partial charge in [0.15, 0.2) is 0 Å². The molecule has 4 aromatic rings. The number of nitrogens with one attached hydrogen (secondary N) is 1. The zero-order valence-electron chi connectivity index (χ0n) is 16.2. The minimum Gasteiger partial charge on any atom is -0.480 e. The summed E-state index contributed by atoms with van der Waals surface area (Å²) >= 11 is 0. The van der Waals surface area contributed by atoms with Crippen LogP contribution >= 0.6 is 0 Å². The lowest BCUT2D eigenvalue weighted by molar-refractivity contribution is -0.385. The van der Waals surface area contributed by atoms with Gasteiger partial charge in [0.2, 0.25) is 0 Å². The SMILES string of the molecule is O=C(N[C@@H](Cc1ccccc1[N+](=O)[O-])C(=O)O)c1c2ccccc2nc2ccccc12. The summed E-state index contributed by atoms with van der Waals surface area (Å²) in [6.45, 7) is 0. The highest BCUT2D eigenvalue weighted by Crippen LogP contribution is 2.26. The van der Waals surface area contributed by atoms with Crippen LogP contribution in [-0.2, 0) is 11.2 Å². The number of nitrogens with zero attached hydrogens (tertiary/aromatic N) is 2. The van der Waals surface area contributed by atoms with Crippen LogP contribution in [0.1, 0.15) is 15.9 Å². The number of fused-ring (bicyclic) bond motifs is 2. The van der Waals surface area contributed by atoms with Crippen molar-refractivity contribution < 1.29 is 19.6 Å². The average molecular weight is 415 g/mol. The van der Waals surface area contributed by atoms with Crippen molar-refractivity contribution in [2.75, 3.05) is 0 Å². The maximum Gasteiger partial charge on any atom is 0.326 e.